The van der Waals surface area contributed by atoms with Crippen LogP contribution in [-0.4, -0.2) is 28.3 Å². The Bertz CT molecular complexity index is 737. The van der Waals surface area contributed by atoms with Gasteiger partial charge in [0.1, 0.15) is 12.0 Å². The molecular formula is C25H33NO3. The zero-order chi connectivity index (χ0) is 21.4. The molecule has 0 spiro atoms. The summed E-state index contributed by atoms with van der Waals surface area (Å²) in [5.74, 6) is -0.494. The largest absolute Gasteiger partial charge is 0.460 e. The first kappa shape index (κ1) is 22.8. The first-order valence-corrected chi connectivity index (χ1v) is 10.2. The van der Waals surface area contributed by atoms with Crippen molar-refractivity contribution in [2.24, 2.45) is 5.92 Å². The van der Waals surface area contributed by atoms with Crippen LogP contribution in [0.4, 0.5) is 0 Å². The Balaban J connectivity index is 2.25. The zero-order valence-electron chi connectivity index (χ0n) is 18.2. The fourth-order valence-corrected chi connectivity index (χ4v) is 3.51. The SMILES string of the molecule is CC(C)[C@H](C(=O)CC(=O)OC(C)(C)C)N(Cc1ccccc1)Cc1ccccc1. The van der Waals surface area contributed by atoms with Gasteiger partial charge in [-0.1, -0.05) is 74.5 Å². The molecule has 156 valence electrons. The molecule has 0 aliphatic heterocycles. The predicted octanol–water partition coefficient (Wildman–Crippen LogP) is 5.01. The molecule has 0 amide bonds. The Kier molecular flexibility index (Phi) is 8.15. The minimum atomic E-state index is -0.599. The van der Waals surface area contributed by atoms with Gasteiger partial charge in [-0.25, -0.2) is 0 Å². The average Bonchev–Trinajstić information content (AvgIpc) is 2.61. The van der Waals surface area contributed by atoms with E-state index in [2.05, 4.69) is 29.2 Å². The van der Waals surface area contributed by atoms with E-state index in [0.29, 0.717) is 13.1 Å². The molecule has 0 radical (unpaired) electrons. The second-order valence-electron chi connectivity index (χ2n) is 8.79. The van der Waals surface area contributed by atoms with Crippen LogP contribution < -0.4 is 0 Å². The molecule has 4 nitrogen and oxygen atoms in total. The first-order chi connectivity index (χ1) is 13.7. The maximum absolute atomic E-state index is 13.2. The summed E-state index contributed by atoms with van der Waals surface area (Å²) in [5.41, 5.74) is 1.68. The van der Waals surface area contributed by atoms with Crippen LogP contribution in [0.25, 0.3) is 0 Å². The van der Waals surface area contributed by atoms with Gasteiger partial charge in [-0.05, 0) is 37.8 Å². The number of ether oxygens (including phenoxy) is 1. The summed E-state index contributed by atoms with van der Waals surface area (Å²) in [6.07, 6.45) is -0.208. The van der Waals surface area contributed by atoms with Gasteiger partial charge < -0.3 is 4.74 Å². The molecule has 0 saturated carbocycles. The van der Waals surface area contributed by atoms with Gasteiger partial charge in [-0.2, -0.15) is 0 Å². The lowest BCUT2D eigenvalue weighted by molar-refractivity contribution is -0.157. The molecule has 29 heavy (non-hydrogen) atoms. The molecule has 2 rings (SSSR count). The number of esters is 1. The van der Waals surface area contributed by atoms with Crippen molar-refractivity contribution < 1.29 is 14.3 Å². The summed E-state index contributed by atoms with van der Waals surface area (Å²) in [6, 6.07) is 19.9. The standard InChI is InChI=1S/C25H33NO3/c1-19(2)24(22(27)16-23(28)29-25(3,4)5)26(17-20-12-8-6-9-13-20)18-21-14-10-7-11-15-21/h6-15,19,24H,16-18H2,1-5H3/t24-/m1/s1. The second kappa shape index (κ2) is 10.4. The zero-order valence-corrected chi connectivity index (χ0v) is 18.2. The number of benzene rings is 2. The molecule has 0 saturated heterocycles. The van der Waals surface area contributed by atoms with E-state index in [1.165, 1.54) is 0 Å². The van der Waals surface area contributed by atoms with Gasteiger partial charge in [0.2, 0.25) is 0 Å². The van der Waals surface area contributed by atoms with Crippen LogP contribution in [0.1, 0.15) is 52.2 Å². The molecule has 1 atom stereocenters. The van der Waals surface area contributed by atoms with E-state index in [1.807, 2.05) is 71.0 Å². The van der Waals surface area contributed by atoms with Gasteiger partial charge in [0.05, 0.1) is 6.04 Å². The summed E-state index contributed by atoms with van der Waals surface area (Å²) in [7, 11) is 0. The summed E-state index contributed by atoms with van der Waals surface area (Å²) < 4.78 is 5.38. The highest BCUT2D eigenvalue weighted by Gasteiger charge is 2.31. The van der Waals surface area contributed by atoms with E-state index < -0.39 is 11.6 Å². The van der Waals surface area contributed by atoms with Crippen molar-refractivity contribution in [2.45, 2.75) is 65.8 Å². The van der Waals surface area contributed by atoms with Crippen molar-refractivity contribution in [1.82, 2.24) is 4.90 Å². The van der Waals surface area contributed by atoms with Crippen molar-refractivity contribution in [3.63, 3.8) is 0 Å². The smallest absolute Gasteiger partial charge is 0.313 e. The highest BCUT2D eigenvalue weighted by Crippen LogP contribution is 2.21. The van der Waals surface area contributed by atoms with E-state index in [0.717, 1.165) is 11.1 Å². The summed E-state index contributed by atoms with van der Waals surface area (Å²) >= 11 is 0. The number of hydrogen-bond acceptors (Lipinski definition) is 4. The molecule has 2 aromatic rings. The Morgan fingerprint density at radius 2 is 1.31 bits per heavy atom. The minimum Gasteiger partial charge on any atom is -0.460 e. The third kappa shape index (κ3) is 7.82. The lowest BCUT2D eigenvalue weighted by atomic mass is 9.94. The number of hydrogen-bond donors (Lipinski definition) is 0. The third-order valence-electron chi connectivity index (χ3n) is 4.55. The highest BCUT2D eigenvalue weighted by atomic mass is 16.6. The van der Waals surface area contributed by atoms with Gasteiger partial charge in [0.25, 0.3) is 0 Å². The van der Waals surface area contributed by atoms with Crippen LogP contribution in [-0.2, 0) is 27.4 Å². The number of nitrogens with zero attached hydrogens (tertiary/aromatic N) is 1. The van der Waals surface area contributed by atoms with Crippen molar-refractivity contribution in [3.05, 3.63) is 71.8 Å². The van der Waals surface area contributed by atoms with E-state index >= 15 is 0 Å². The number of rotatable bonds is 9. The molecule has 0 aromatic heterocycles. The molecule has 0 fully saturated rings. The van der Waals surface area contributed by atoms with Gasteiger partial charge in [0.15, 0.2) is 5.78 Å². The van der Waals surface area contributed by atoms with E-state index in [4.69, 9.17) is 4.74 Å². The first-order valence-electron chi connectivity index (χ1n) is 10.2. The lowest BCUT2D eigenvalue weighted by Gasteiger charge is -2.33. The van der Waals surface area contributed by atoms with Crippen molar-refractivity contribution >= 4 is 11.8 Å². The molecular weight excluding hydrogens is 362 g/mol. The van der Waals surface area contributed by atoms with Gasteiger partial charge >= 0.3 is 5.97 Å². The highest BCUT2D eigenvalue weighted by molar-refractivity contribution is 5.98. The van der Waals surface area contributed by atoms with E-state index in [-0.39, 0.29) is 24.2 Å². The molecule has 0 aliphatic carbocycles. The third-order valence-corrected chi connectivity index (χ3v) is 4.55. The van der Waals surface area contributed by atoms with Gasteiger partial charge in [0, 0.05) is 13.1 Å². The Labute approximate surface area is 174 Å². The summed E-state index contributed by atoms with van der Waals surface area (Å²) in [5, 5.41) is 0. The number of ketones is 1. The van der Waals surface area contributed by atoms with Crippen molar-refractivity contribution in [3.8, 4) is 0 Å². The quantitative estimate of drug-likeness (QED) is 0.442. The molecule has 0 heterocycles. The van der Waals surface area contributed by atoms with Crippen molar-refractivity contribution in [2.75, 3.05) is 0 Å². The molecule has 0 aliphatic rings. The fraction of sp³-hybridized carbons (Fsp3) is 0.440. The van der Waals surface area contributed by atoms with Crippen LogP contribution in [0.5, 0.6) is 0 Å². The monoisotopic (exact) mass is 395 g/mol. The molecule has 0 unspecified atom stereocenters. The van der Waals surface area contributed by atoms with Crippen LogP contribution in [0.3, 0.4) is 0 Å². The van der Waals surface area contributed by atoms with Crippen LogP contribution >= 0.6 is 0 Å². The fourth-order valence-electron chi connectivity index (χ4n) is 3.51. The molecule has 0 bridgehead atoms. The second-order valence-corrected chi connectivity index (χ2v) is 8.79. The van der Waals surface area contributed by atoms with E-state index in [1.54, 1.807) is 0 Å². The van der Waals surface area contributed by atoms with E-state index in [9.17, 15) is 9.59 Å². The maximum Gasteiger partial charge on any atom is 0.313 e. The minimum absolute atomic E-state index is 0.0670. The summed E-state index contributed by atoms with van der Waals surface area (Å²) in [4.78, 5) is 27.6. The summed E-state index contributed by atoms with van der Waals surface area (Å²) in [6.45, 7) is 10.8. The molecule has 4 heteroatoms. The average molecular weight is 396 g/mol. The Morgan fingerprint density at radius 3 is 1.69 bits per heavy atom. The van der Waals surface area contributed by atoms with Gasteiger partial charge in [-0.3, -0.25) is 14.5 Å². The Morgan fingerprint density at radius 1 is 0.862 bits per heavy atom. The lowest BCUT2D eigenvalue weighted by Crippen LogP contribution is -2.45. The maximum atomic E-state index is 13.2. The predicted molar refractivity (Wildman–Crippen MR) is 116 cm³/mol. The number of carbonyl (C=O) groups is 2. The van der Waals surface area contributed by atoms with Crippen LogP contribution in [0.15, 0.2) is 60.7 Å². The van der Waals surface area contributed by atoms with Gasteiger partial charge in [-0.15, -0.1) is 0 Å². The number of Topliss-reactive ketones (excluding diaryl/α,β-unsaturated/α-hetero) is 1. The Hall–Kier alpha value is -2.46. The van der Waals surface area contributed by atoms with Crippen LogP contribution in [0, 0.1) is 5.92 Å². The molecule has 0 N–H and O–H groups in total. The molecule has 2 aromatic carbocycles. The number of carbonyl (C=O) groups excluding carboxylic acids is 2. The van der Waals surface area contributed by atoms with Crippen LogP contribution in [0.2, 0.25) is 0 Å². The van der Waals surface area contributed by atoms with Crippen molar-refractivity contribution in [1.29, 1.82) is 0 Å². The topological polar surface area (TPSA) is 46.6 Å². The normalized spacial score (nSPS) is 12.8.